The van der Waals surface area contributed by atoms with E-state index in [2.05, 4.69) is 5.32 Å². The van der Waals surface area contributed by atoms with Crippen molar-refractivity contribution < 1.29 is 22.3 Å². The van der Waals surface area contributed by atoms with Gasteiger partial charge < -0.3 is 10.1 Å². The van der Waals surface area contributed by atoms with E-state index in [1.165, 1.54) is 16.4 Å². The summed E-state index contributed by atoms with van der Waals surface area (Å²) in [6.45, 7) is 2.89. The number of halogens is 1. The molecule has 0 aromatic heterocycles. The van der Waals surface area contributed by atoms with Gasteiger partial charge in [-0.2, -0.15) is 0 Å². The Bertz CT molecular complexity index is 955. The molecule has 1 aliphatic heterocycles. The molecule has 1 amide bonds. The summed E-state index contributed by atoms with van der Waals surface area (Å²) < 4.78 is 44.7. The van der Waals surface area contributed by atoms with E-state index in [9.17, 15) is 17.6 Å². The fourth-order valence-corrected chi connectivity index (χ4v) is 4.99. The summed E-state index contributed by atoms with van der Waals surface area (Å²) in [6, 6.07) is 12.9. The second-order valence-corrected chi connectivity index (χ2v) is 9.46. The number of hydrogen-bond acceptors (Lipinski definition) is 4. The first-order chi connectivity index (χ1) is 14.4. The standard InChI is InChI=1S/C22H27FN2O4S/c1-2-15-30(27,28)25-13-11-19(12-14-25)24-22(26)20-5-3-4-6-21(20)29-16-17-7-9-18(23)10-8-17/h3-10,19H,2,11-16H2,1H3,(H,24,26). The van der Waals surface area contributed by atoms with Crippen LogP contribution in [-0.4, -0.2) is 43.5 Å². The number of amides is 1. The molecule has 162 valence electrons. The molecule has 2 aromatic rings. The molecule has 1 aliphatic rings. The molecule has 6 nitrogen and oxygen atoms in total. The Morgan fingerprint density at radius 3 is 2.47 bits per heavy atom. The van der Waals surface area contributed by atoms with E-state index in [1.54, 1.807) is 36.4 Å². The van der Waals surface area contributed by atoms with Gasteiger partial charge in [0.15, 0.2) is 0 Å². The summed E-state index contributed by atoms with van der Waals surface area (Å²) >= 11 is 0. The lowest BCUT2D eigenvalue weighted by Gasteiger charge is -2.31. The Morgan fingerprint density at radius 1 is 1.13 bits per heavy atom. The molecule has 30 heavy (non-hydrogen) atoms. The number of nitrogens with one attached hydrogen (secondary N) is 1. The molecule has 1 N–H and O–H groups in total. The highest BCUT2D eigenvalue weighted by Gasteiger charge is 2.28. The summed E-state index contributed by atoms with van der Waals surface area (Å²) in [5.41, 5.74) is 1.22. The molecule has 0 aliphatic carbocycles. The Hall–Kier alpha value is -2.45. The first kappa shape index (κ1) is 22.2. The highest BCUT2D eigenvalue weighted by molar-refractivity contribution is 7.89. The minimum absolute atomic E-state index is 0.0873. The monoisotopic (exact) mass is 434 g/mol. The van der Waals surface area contributed by atoms with Gasteiger partial charge in [-0.3, -0.25) is 4.79 Å². The topological polar surface area (TPSA) is 75.7 Å². The predicted molar refractivity (Wildman–Crippen MR) is 113 cm³/mol. The maximum absolute atomic E-state index is 13.0. The molecular weight excluding hydrogens is 407 g/mol. The normalized spacial score (nSPS) is 15.7. The van der Waals surface area contributed by atoms with Gasteiger partial charge in [0, 0.05) is 19.1 Å². The zero-order valence-corrected chi connectivity index (χ0v) is 17.8. The molecule has 1 saturated heterocycles. The number of carbonyl (C=O) groups excluding carboxylic acids is 1. The Balaban J connectivity index is 1.58. The van der Waals surface area contributed by atoms with Crippen LogP contribution in [0, 0.1) is 5.82 Å². The summed E-state index contributed by atoms with van der Waals surface area (Å²) in [5.74, 6) is 0.0388. The number of benzene rings is 2. The van der Waals surface area contributed by atoms with E-state index in [0.717, 1.165) is 5.56 Å². The van der Waals surface area contributed by atoms with E-state index >= 15 is 0 Å². The van der Waals surface area contributed by atoms with E-state index in [4.69, 9.17) is 4.74 Å². The molecule has 1 fully saturated rings. The Morgan fingerprint density at radius 2 is 1.80 bits per heavy atom. The number of hydrogen-bond donors (Lipinski definition) is 1. The molecule has 0 radical (unpaired) electrons. The van der Waals surface area contributed by atoms with Crippen molar-refractivity contribution in [3.05, 3.63) is 65.5 Å². The van der Waals surface area contributed by atoms with Gasteiger partial charge in [0.25, 0.3) is 5.91 Å². The van der Waals surface area contributed by atoms with Crippen molar-refractivity contribution in [1.82, 2.24) is 9.62 Å². The van der Waals surface area contributed by atoms with Crippen LogP contribution < -0.4 is 10.1 Å². The van der Waals surface area contributed by atoms with Crippen LogP contribution >= 0.6 is 0 Å². The first-order valence-electron chi connectivity index (χ1n) is 10.1. The lowest BCUT2D eigenvalue weighted by Crippen LogP contribution is -2.47. The van der Waals surface area contributed by atoms with Crippen molar-refractivity contribution in [3.63, 3.8) is 0 Å². The van der Waals surface area contributed by atoms with Crippen molar-refractivity contribution in [2.45, 2.75) is 38.8 Å². The molecule has 0 bridgehead atoms. The van der Waals surface area contributed by atoms with Crippen molar-refractivity contribution in [1.29, 1.82) is 0 Å². The summed E-state index contributed by atoms with van der Waals surface area (Å²) in [7, 11) is -3.20. The van der Waals surface area contributed by atoms with Gasteiger partial charge in [0.1, 0.15) is 18.2 Å². The molecule has 0 spiro atoms. The quantitative estimate of drug-likeness (QED) is 0.692. The van der Waals surface area contributed by atoms with E-state index in [0.29, 0.717) is 43.7 Å². The second-order valence-electron chi connectivity index (χ2n) is 7.37. The summed E-state index contributed by atoms with van der Waals surface area (Å²) in [6.07, 6.45) is 1.74. The Kier molecular flexibility index (Phi) is 7.44. The third-order valence-electron chi connectivity index (χ3n) is 5.08. The van der Waals surface area contributed by atoms with Crippen LogP contribution in [0.1, 0.15) is 42.1 Å². The number of para-hydroxylation sites is 1. The van der Waals surface area contributed by atoms with E-state index in [-0.39, 0.29) is 30.1 Å². The van der Waals surface area contributed by atoms with Crippen LogP contribution in [0.15, 0.2) is 48.5 Å². The van der Waals surface area contributed by atoms with Gasteiger partial charge in [-0.05, 0) is 49.1 Å². The predicted octanol–water partition coefficient (Wildman–Crippen LogP) is 3.34. The smallest absolute Gasteiger partial charge is 0.255 e. The number of nitrogens with zero attached hydrogens (tertiary/aromatic N) is 1. The van der Waals surface area contributed by atoms with Crippen LogP contribution in [0.4, 0.5) is 4.39 Å². The molecule has 3 rings (SSSR count). The summed E-state index contributed by atoms with van der Waals surface area (Å²) in [5, 5.41) is 3.00. The molecule has 0 saturated carbocycles. The minimum atomic E-state index is -3.20. The SMILES string of the molecule is CCCS(=O)(=O)N1CCC(NC(=O)c2ccccc2OCc2ccc(F)cc2)CC1. The zero-order valence-electron chi connectivity index (χ0n) is 17.0. The number of ether oxygens (including phenoxy) is 1. The van der Waals surface area contributed by atoms with Gasteiger partial charge in [-0.15, -0.1) is 0 Å². The average Bonchev–Trinajstić information content (AvgIpc) is 2.74. The highest BCUT2D eigenvalue weighted by atomic mass is 32.2. The largest absolute Gasteiger partial charge is 0.488 e. The van der Waals surface area contributed by atoms with Crippen LogP contribution in [0.2, 0.25) is 0 Å². The van der Waals surface area contributed by atoms with Crippen molar-refractivity contribution in [2.75, 3.05) is 18.8 Å². The van der Waals surface area contributed by atoms with Gasteiger partial charge in [-0.25, -0.2) is 17.1 Å². The van der Waals surface area contributed by atoms with Crippen molar-refractivity contribution in [3.8, 4) is 5.75 Å². The van der Waals surface area contributed by atoms with E-state index < -0.39 is 10.0 Å². The maximum Gasteiger partial charge on any atom is 0.255 e. The number of rotatable bonds is 8. The summed E-state index contributed by atoms with van der Waals surface area (Å²) in [4.78, 5) is 12.8. The highest BCUT2D eigenvalue weighted by Crippen LogP contribution is 2.21. The second kappa shape index (κ2) is 10.0. The molecule has 2 aromatic carbocycles. The van der Waals surface area contributed by atoms with E-state index in [1.807, 2.05) is 6.92 Å². The van der Waals surface area contributed by atoms with Crippen molar-refractivity contribution in [2.24, 2.45) is 0 Å². The Labute approximate surface area is 177 Å². The fourth-order valence-electron chi connectivity index (χ4n) is 3.45. The third-order valence-corrected chi connectivity index (χ3v) is 7.16. The number of carbonyl (C=O) groups is 1. The molecular formula is C22H27FN2O4S. The maximum atomic E-state index is 13.0. The van der Waals surface area contributed by atoms with Gasteiger partial charge in [0.05, 0.1) is 11.3 Å². The number of sulfonamides is 1. The van der Waals surface area contributed by atoms with Crippen LogP contribution in [0.3, 0.4) is 0 Å². The first-order valence-corrected chi connectivity index (χ1v) is 11.7. The number of piperidine rings is 1. The molecule has 0 unspecified atom stereocenters. The molecule has 0 atom stereocenters. The van der Waals surface area contributed by atoms with Gasteiger partial charge >= 0.3 is 0 Å². The fraction of sp³-hybridized carbons (Fsp3) is 0.409. The van der Waals surface area contributed by atoms with Gasteiger partial charge in [0.2, 0.25) is 10.0 Å². The van der Waals surface area contributed by atoms with Crippen molar-refractivity contribution >= 4 is 15.9 Å². The van der Waals surface area contributed by atoms with Gasteiger partial charge in [-0.1, -0.05) is 31.2 Å². The zero-order chi connectivity index (χ0) is 21.6. The lowest BCUT2D eigenvalue weighted by atomic mass is 10.1. The average molecular weight is 435 g/mol. The van der Waals surface area contributed by atoms with Crippen LogP contribution in [0.5, 0.6) is 5.75 Å². The van der Waals surface area contributed by atoms with Crippen LogP contribution in [0.25, 0.3) is 0 Å². The van der Waals surface area contributed by atoms with Crippen LogP contribution in [-0.2, 0) is 16.6 Å². The lowest BCUT2D eigenvalue weighted by molar-refractivity contribution is 0.0919. The molecule has 8 heteroatoms. The molecule has 1 heterocycles. The minimum Gasteiger partial charge on any atom is -0.488 e. The third kappa shape index (κ3) is 5.79.